The molecule has 0 spiro atoms. The first kappa shape index (κ1) is 26.0. The molecule has 2 aliphatic heterocycles. The molecule has 44 heavy (non-hydrogen) atoms. The van der Waals surface area contributed by atoms with Crippen LogP contribution in [0.4, 0.5) is 17.1 Å². The maximum atomic E-state index is 6.55. The summed E-state index contributed by atoms with van der Waals surface area (Å²) in [7, 11) is 0. The number of nitrogens with one attached hydrogen (secondary N) is 2. The van der Waals surface area contributed by atoms with Crippen molar-refractivity contribution in [2.75, 3.05) is 17.2 Å². The number of rotatable bonds is 0. The number of nitrogens with two attached hydrogens (primary N) is 3. The van der Waals surface area contributed by atoms with E-state index in [1.165, 1.54) is 0 Å². The Kier molecular flexibility index (Phi) is 5.59. The predicted octanol–water partition coefficient (Wildman–Crippen LogP) is 5.61. The van der Waals surface area contributed by atoms with Gasteiger partial charge in [-0.25, -0.2) is 29.9 Å². The molecule has 0 fully saturated rings. The van der Waals surface area contributed by atoms with E-state index in [1.54, 1.807) is 6.07 Å². The second kappa shape index (κ2) is 9.44. The van der Waals surface area contributed by atoms with E-state index in [9.17, 15) is 0 Å². The molecular formula is C32H21AuN11+. The molecule has 0 saturated heterocycles. The Morgan fingerprint density at radius 2 is 0.818 bits per heavy atom. The van der Waals surface area contributed by atoms with E-state index in [2.05, 4.69) is 9.97 Å². The van der Waals surface area contributed by atoms with Crippen molar-refractivity contribution in [3.05, 3.63) is 78.9 Å². The summed E-state index contributed by atoms with van der Waals surface area (Å²) in [6.45, 7) is 0. The minimum atomic E-state index is 0. The summed E-state index contributed by atoms with van der Waals surface area (Å²) in [6.07, 6.45) is 0. The summed E-state index contributed by atoms with van der Waals surface area (Å²) < 4.78 is 0. The van der Waals surface area contributed by atoms with E-state index in [1.807, 2.05) is 72.8 Å². The van der Waals surface area contributed by atoms with Gasteiger partial charge in [-0.15, -0.1) is 0 Å². The van der Waals surface area contributed by atoms with Gasteiger partial charge in [0.2, 0.25) is 0 Å². The van der Waals surface area contributed by atoms with Gasteiger partial charge in [0.25, 0.3) is 0 Å². The largest absolute Gasteiger partial charge is 1.00 e. The molecule has 9 rings (SSSR count). The van der Waals surface area contributed by atoms with Crippen LogP contribution in [0.5, 0.6) is 0 Å². The van der Waals surface area contributed by atoms with Crippen LogP contribution in [-0.2, 0) is 22.4 Å². The average molecular weight is 757 g/mol. The quantitative estimate of drug-likeness (QED) is 0.0968. The Labute approximate surface area is 264 Å². The SMILES string of the molecule is Nc1cc2c3nc4nc(nc5[nH]c(nc6nc(nc([nH]3)c2c(N)c1N)-c1ccccc1-6)c1ccccc51)-c1ccccc1-4.[Au+]. The Bertz CT molecular complexity index is 2520. The van der Waals surface area contributed by atoms with Crippen molar-refractivity contribution in [1.82, 2.24) is 39.9 Å². The standard InChI is InChI=1S/C32H21N11.Au/c33-21-13-20-22(24(35)23(21)34)32-42-30-19-12-6-5-11-18(19)28(40-30)38-26-15-8-2-1-7-14(15)25(36-26)37-27-16-9-3-4-10-17(16)29(39-27)41-31(20)43-32;/h1-13H,33-35H2,(H2,36,37,38,39,40,41,42,43);/q;+1. The van der Waals surface area contributed by atoms with Crippen LogP contribution in [0.15, 0.2) is 78.9 Å². The van der Waals surface area contributed by atoms with Crippen molar-refractivity contribution in [1.29, 1.82) is 0 Å². The molecule has 0 amide bonds. The first-order valence-corrected chi connectivity index (χ1v) is 13.6. The number of fused-ring (bicyclic) bond motifs is 20. The fraction of sp³-hybridized carbons (Fsp3) is 0. The van der Waals surface area contributed by atoms with Crippen molar-refractivity contribution in [2.45, 2.75) is 0 Å². The van der Waals surface area contributed by atoms with E-state index in [4.69, 9.17) is 47.1 Å². The molecule has 7 aromatic rings. The number of nitrogen functional groups attached to an aromatic ring is 3. The van der Waals surface area contributed by atoms with Gasteiger partial charge in [-0.2, -0.15) is 0 Å². The van der Waals surface area contributed by atoms with Gasteiger partial charge < -0.3 is 27.2 Å². The van der Waals surface area contributed by atoms with E-state index in [-0.39, 0.29) is 28.1 Å². The zero-order valence-corrected chi connectivity index (χ0v) is 24.9. The third-order valence-electron chi connectivity index (χ3n) is 7.95. The molecule has 0 aliphatic carbocycles. The Morgan fingerprint density at radius 3 is 1.30 bits per heavy atom. The summed E-state index contributed by atoms with van der Waals surface area (Å²) in [4.78, 5) is 36.5. The van der Waals surface area contributed by atoms with E-state index in [0.29, 0.717) is 68.0 Å². The third-order valence-corrected chi connectivity index (χ3v) is 7.95. The second-order valence-electron chi connectivity index (χ2n) is 10.5. The number of hydrogen-bond acceptors (Lipinski definition) is 9. The van der Waals surface area contributed by atoms with Gasteiger partial charge in [-0.1, -0.05) is 72.8 Å². The topological polar surface area (TPSA) is 187 Å². The van der Waals surface area contributed by atoms with Gasteiger partial charge >= 0.3 is 22.4 Å². The maximum Gasteiger partial charge on any atom is 1.00 e. The Balaban J connectivity index is 0.00000289. The van der Waals surface area contributed by atoms with Crippen molar-refractivity contribution in [3.8, 4) is 45.6 Å². The molecule has 2 aliphatic rings. The molecule has 3 aromatic heterocycles. The third kappa shape index (κ3) is 3.67. The number of benzene rings is 4. The second-order valence-corrected chi connectivity index (χ2v) is 10.5. The van der Waals surface area contributed by atoms with E-state index in [0.717, 1.165) is 33.0 Å². The minimum absolute atomic E-state index is 0. The fourth-order valence-electron chi connectivity index (χ4n) is 5.87. The molecular weight excluding hydrogens is 735 g/mol. The van der Waals surface area contributed by atoms with Crippen LogP contribution in [0.3, 0.4) is 0 Å². The zero-order chi connectivity index (χ0) is 28.8. The van der Waals surface area contributed by atoms with Gasteiger partial charge in [0.1, 0.15) is 22.6 Å². The molecule has 4 aromatic carbocycles. The van der Waals surface area contributed by atoms with Crippen LogP contribution in [-0.4, -0.2) is 39.9 Å². The molecule has 12 heteroatoms. The average Bonchev–Trinajstić information content (AvgIpc) is 3.75. The number of anilines is 3. The van der Waals surface area contributed by atoms with Crippen LogP contribution in [0, 0.1) is 0 Å². The Morgan fingerprint density at radius 1 is 0.432 bits per heavy atom. The summed E-state index contributed by atoms with van der Waals surface area (Å²) in [5.74, 6) is 2.02. The summed E-state index contributed by atoms with van der Waals surface area (Å²) in [5.41, 5.74) is 25.6. The normalized spacial score (nSPS) is 11.7. The van der Waals surface area contributed by atoms with Gasteiger partial charge in [0, 0.05) is 38.4 Å². The molecule has 0 unspecified atom stereocenters. The first-order valence-electron chi connectivity index (χ1n) is 13.6. The summed E-state index contributed by atoms with van der Waals surface area (Å²) in [5, 5.41) is 3.09. The molecule has 214 valence electrons. The van der Waals surface area contributed by atoms with Gasteiger partial charge in [0.05, 0.1) is 22.4 Å². The number of nitrogens with zero attached hydrogens (tertiary/aromatic N) is 6. The van der Waals surface area contributed by atoms with E-state index >= 15 is 0 Å². The molecule has 8 N–H and O–H groups in total. The summed E-state index contributed by atoms with van der Waals surface area (Å²) >= 11 is 0. The molecule has 11 nitrogen and oxygen atoms in total. The van der Waals surface area contributed by atoms with Crippen LogP contribution >= 0.6 is 0 Å². The first-order chi connectivity index (χ1) is 21.0. The van der Waals surface area contributed by atoms with Crippen molar-refractivity contribution >= 4 is 61.2 Å². The maximum absolute atomic E-state index is 6.55. The van der Waals surface area contributed by atoms with Crippen molar-refractivity contribution in [3.63, 3.8) is 0 Å². The van der Waals surface area contributed by atoms with E-state index < -0.39 is 0 Å². The summed E-state index contributed by atoms with van der Waals surface area (Å²) in [6, 6.07) is 25.4. The number of aromatic amines is 2. The minimum Gasteiger partial charge on any atom is -0.397 e. The predicted molar refractivity (Wildman–Crippen MR) is 169 cm³/mol. The van der Waals surface area contributed by atoms with Crippen molar-refractivity contribution < 1.29 is 22.4 Å². The molecule has 0 radical (unpaired) electrons. The number of aromatic nitrogens is 8. The fourth-order valence-corrected chi connectivity index (χ4v) is 5.87. The smallest absolute Gasteiger partial charge is 0.397 e. The zero-order valence-electron chi connectivity index (χ0n) is 22.7. The number of hydrogen-bond donors (Lipinski definition) is 5. The van der Waals surface area contributed by atoms with Gasteiger partial charge in [0.15, 0.2) is 23.3 Å². The molecule has 0 atom stereocenters. The van der Waals surface area contributed by atoms with Crippen LogP contribution in [0.1, 0.15) is 0 Å². The van der Waals surface area contributed by atoms with Crippen LogP contribution in [0.2, 0.25) is 0 Å². The Hall–Kier alpha value is -5.62. The monoisotopic (exact) mass is 756 g/mol. The number of H-pyrrole nitrogens is 2. The molecule has 8 bridgehead atoms. The van der Waals surface area contributed by atoms with Crippen molar-refractivity contribution in [2.24, 2.45) is 0 Å². The molecule has 5 heterocycles. The van der Waals surface area contributed by atoms with Gasteiger partial charge in [-0.3, -0.25) is 0 Å². The van der Waals surface area contributed by atoms with Crippen LogP contribution < -0.4 is 17.2 Å². The van der Waals surface area contributed by atoms with Crippen LogP contribution in [0.25, 0.3) is 89.7 Å². The van der Waals surface area contributed by atoms with Gasteiger partial charge in [-0.05, 0) is 6.07 Å². The molecule has 0 saturated carbocycles.